The van der Waals surface area contributed by atoms with Crippen LogP contribution in [0, 0.1) is 6.92 Å². The number of aryl methyl sites for hydroxylation is 1. The first-order valence-electron chi connectivity index (χ1n) is 10.4. The lowest BCUT2D eigenvalue weighted by Gasteiger charge is -2.13. The van der Waals surface area contributed by atoms with E-state index >= 15 is 0 Å². The number of hydrogen-bond donors (Lipinski definition) is 5. The molecule has 0 fully saturated rings. The Bertz CT molecular complexity index is 2000. The maximum atomic E-state index is 12.3. The van der Waals surface area contributed by atoms with Crippen molar-refractivity contribution in [3.63, 3.8) is 0 Å². The molecule has 5 N–H and O–H groups in total. The Kier molecular flexibility index (Phi) is 6.67. The van der Waals surface area contributed by atoms with Crippen LogP contribution in [0.3, 0.4) is 0 Å². The van der Waals surface area contributed by atoms with Crippen LogP contribution in [0.2, 0.25) is 0 Å². The molecule has 0 unspecified atom stereocenters. The van der Waals surface area contributed by atoms with Crippen molar-refractivity contribution >= 4 is 69.0 Å². The summed E-state index contributed by atoms with van der Waals surface area (Å²) in [5.41, 5.74) is -0.201. The number of nitrogens with zero attached hydrogens (tertiary/aromatic N) is 2. The van der Waals surface area contributed by atoms with Gasteiger partial charge in [0.15, 0.2) is 5.75 Å². The van der Waals surface area contributed by atoms with Gasteiger partial charge in [0.05, 0.1) is 0 Å². The molecule has 16 heteroatoms. The molecule has 0 atom stereocenters. The number of nitrogens with one attached hydrogen (secondary N) is 1. The smallest absolute Gasteiger partial charge is 0.297 e. The number of phenolic OH excluding ortho intramolecular Hbond substituents is 1. The summed E-state index contributed by atoms with van der Waals surface area (Å²) in [6.07, 6.45) is 0. The first-order valence-corrected chi connectivity index (χ1v) is 14.7. The van der Waals surface area contributed by atoms with Gasteiger partial charge in [-0.3, -0.25) is 13.7 Å². The maximum Gasteiger partial charge on any atom is 0.297 e. The topological polar surface area (TPSA) is 220 Å². The minimum Gasteiger partial charge on any atom is -0.505 e. The zero-order valence-corrected chi connectivity index (χ0v) is 21.9. The number of fused-ring (bicyclic) bond motifs is 2. The molecule has 0 radical (unpaired) electrons. The molecule has 0 aromatic heterocycles. The van der Waals surface area contributed by atoms with Gasteiger partial charge in [-0.1, -0.05) is 24.3 Å². The summed E-state index contributed by atoms with van der Waals surface area (Å²) in [6.45, 7) is 1.72. The second-order valence-corrected chi connectivity index (χ2v) is 12.3. The molecule has 0 aliphatic heterocycles. The van der Waals surface area contributed by atoms with Gasteiger partial charge < -0.3 is 10.4 Å². The summed E-state index contributed by atoms with van der Waals surface area (Å²) in [4.78, 5) is -2.37. The number of hydrogen-bond acceptors (Lipinski definition) is 10. The first-order chi connectivity index (χ1) is 17.5. The monoisotopic (exact) mass is 581 g/mol. The normalized spacial score (nSPS) is 13.0. The number of aromatic hydroxyl groups is 1. The van der Waals surface area contributed by atoms with Gasteiger partial charge in [0.2, 0.25) is 0 Å². The van der Waals surface area contributed by atoms with E-state index in [9.17, 15) is 44.0 Å². The fourth-order valence-electron chi connectivity index (χ4n) is 4.10. The van der Waals surface area contributed by atoms with E-state index in [1.165, 1.54) is 0 Å². The molecular weight excluding hydrogens is 562 g/mol. The summed E-state index contributed by atoms with van der Waals surface area (Å²) in [5.74, 6) is -0.703. The fourth-order valence-corrected chi connectivity index (χ4v) is 6.29. The molecule has 200 valence electrons. The van der Waals surface area contributed by atoms with Gasteiger partial charge in [0.1, 0.15) is 26.1 Å². The van der Waals surface area contributed by atoms with Gasteiger partial charge in [0.25, 0.3) is 30.4 Å². The maximum absolute atomic E-state index is 12.3. The number of phenols is 1. The van der Waals surface area contributed by atoms with Gasteiger partial charge in [-0.2, -0.15) is 25.3 Å². The van der Waals surface area contributed by atoms with Crippen LogP contribution >= 0.6 is 0 Å². The van der Waals surface area contributed by atoms with Crippen LogP contribution in [0.25, 0.3) is 21.5 Å². The molecule has 0 bridgehead atoms. The Morgan fingerprint density at radius 3 is 2.00 bits per heavy atom. The summed E-state index contributed by atoms with van der Waals surface area (Å²) >= 11 is 0. The van der Waals surface area contributed by atoms with E-state index in [0.717, 1.165) is 36.4 Å². The molecule has 0 spiro atoms. The lowest BCUT2D eigenvalue weighted by Crippen LogP contribution is -2.03. The standard InChI is InChI=1S/C22H19N3O10S3/c1-11-8-12-10-18(37(30,31)32)20(21(26)19(12)16(9-11)23-2)25-24-15-7-6-13-14(22(15)38(33,34)35)4-3-5-17(13)36(27,28)29/h3-10,23,26H,1-2H3,(H,27,28,29)(H,30,31,32)(H,33,34,35). The molecule has 38 heavy (non-hydrogen) atoms. The second-order valence-electron chi connectivity index (χ2n) is 8.12. The lowest BCUT2D eigenvalue weighted by molar-refractivity contribution is 0.472. The zero-order valence-electron chi connectivity index (χ0n) is 19.5. The molecule has 0 heterocycles. The molecule has 0 amide bonds. The van der Waals surface area contributed by atoms with E-state index < -0.39 is 62.2 Å². The Morgan fingerprint density at radius 2 is 1.42 bits per heavy atom. The van der Waals surface area contributed by atoms with Crippen LogP contribution in [-0.4, -0.2) is 51.1 Å². The van der Waals surface area contributed by atoms with Gasteiger partial charge in [-0.25, -0.2) is 0 Å². The molecule has 4 aromatic carbocycles. The molecule has 0 aliphatic carbocycles. The highest BCUT2D eigenvalue weighted by atomic mass is 32.2. The van der Waals surface area contributed by atoms with E-state index in [-0.39, 0.29) is 21.5 Å². The van der Waals surface area contributed by atoms with Crippen LogP contribution in [-0.2, 0) is 30.4 Å². The highest BCUT2D eigenvalue weighted by Gasteiger charge is 2.26. The van der Waals surface area contributed by atoms with Crippen LogP contribution in [0.1, 0.15) is 5.56 Å². The van der Waals surface area contributed by atoms with Crippen molar-refractivity contribution < 1.29 is 44.0 Å². The minimum atomic E-state index is -5.10. The van der Waals surface area contributed by atoms with Crippen LogP contribution in [0.4, 0.5) is 17.1 Å². The van der Waals surface area contributed by atoms with E-state index in [1.807, 2.05) is 0 Å². The second kappa shape index (κ2) is 9.26. The van der Waals surface area contributed by atoms with Crippen molar-refractivity contribution in [2.24, 2.45) is 10.2 Å². The molecule has 13 nitrogen and oxygen atoms in total. The lowest BCUT2D eigenvalue weighted by atomic mass is 10.0. The molecular formula is C22H19N3O10S3. The van der Waals surface area contributed by atoms with Crippen molar-refractivity contribution in [2.75, 3.05) is 12.4 Å². The van der Waals surface area contributed by atoms with Gasteiger partial charge in [-0.05, 0) is 42.1 Å². The molecule has 0 saturated carbocycles. The van der Waals surface area contributed by atoms with Crippen molar-refractivity contribution in [3.8, 4) is 5.75 Å². The first kappa shape index (κ1) is 27.4. The van der Waals surface area contributed by atoms with E-state index in [4.69, 9.17) is 0 Å². The van der Waals surface area contributed by atoms with E-state index in [0.29, 0.717) is 11.3 Å². The predicted octanol–water partition coefficient (Wildman–Crippen LogP) is 4.20. The molecule has 0 saturated heterocycles. The minimum absolute atomic E-state index is 0.130. The average molecular weight is 582 g/mol. The molecule has 0 aliphatic rings. The summed E-state index contributed by atoms with van der Waals surface area (Å²) < 4.78 is 102. The Hall–Kier alpha value is -3.67. The zero-order chi connectivity index (χ0) is 28.2. The van der Waals surface area contributed by atoms with Crippen molar-refractivity contribution in [2.45, 2.75) is 21.6 Å². The number of benzene rings is 4. The van der Waals surface area contributed by atoms with E-state index in [1.54, 1.807) is 26.1 Å². The average Bonchev–Trinajstić information content (AvgIpc) is 2.79. The fraction of sp³-hybridized carbons (Fsp3) is 0.0909. The van der Waals surface area contributed by atoms with Crippen molar-refractivity contribution in [1.29, 1.82) is 0 Å². The number of azo groups is 1. The van der Waals surface area contributed by atoms with Crippen molar-refractivity contribution in [1.82, 2.24) is 0 Å². The third-order valence-electron chi connectivity index (χ3n) is 5.59. The number of anilines is 1. The van der Waals surface area contributed by atoms with Crippen molar-refractivity contribution in [3.05, 3.63) is 54.1 Å². The Balaban J connectivity index is 2.07. The molecule has 4 aromatic rings. The molecule has 4 rings (SSSR count). The van der Waals surface area contributed by atoms with Crippen LogP contribution in [0.5, 0.6) is 5.75 Å². The van der Waals surface area contributed by atoms with Crippen LogP contribution < -0.4 is 5.32 Å². The summed E-state index contributed by atoms with van der Waals surface area (Å²) in [5, 5.41) is 21.0. The summed E-state index contributed by atoms with van der Waals surface area (Å²) in [7, 11) is -13.3. The summed E-state index contributed by atoms with van der Waals surface area (Å²) in [6, 6.07) is 9.58. The highest BCUT2D eigenvalue weighted by molar-refractivity contribution is 7.86. The third-order valence-corrected chi connectivity index (χ3v) is 8.31. The highest BCUT2D eigenvalue weighted by Crippen LogP contribution is 2.45. The Labute approximate surface area is 216 Å². The SMILES string of the molecule is CNc1cc(C)cc2cc(S(=O)(=O)O)c(N=Nc3ccc4c(S(=O)(=O)O)cccc4c3S(=O)(=O)O)c(O)c12. The number of rotatable bonds is 6. The van der Waals surface area contributed by atoms with Gasteiger partial charge in [-0.15, -0.1) is 10.2 Å². The quantitative estimate of drug-likeness (QED) is 0.160. The van der Waals surface area contributed by atoms with Gasteiger partial charge in [0, 0.05) is 28.9 Å². The predicted molar refractivity (Wildman–Crippen MR) is 137 cm³/mol. The van der Waals surface area contributed by atoms with Crippen LogP contribution in [0.15, 0.2) is 73.4 Å². The third kappa shape index (κ3) is 4.92. The largest absolute Gasteiger partial charge is 0.505 e. The van der Waals surface area contributed by atoms with Gasteiger partial charge >= 0.3 is 0 Å². The van der Waals surface area contributed by atoms with E-state index in [2.05, 4.69) is 15.5 Å². The Morgan fingerprint density at radius 1 is 0.763 bits per heavy atom.